The fraction of sp³-hybridized carbons (Fsp3) is 0.625. The van der Waals surface area contributed by atoms with Gasteiger partial charge in [0.15, 0.2) is 5.69 Å². The molecule has 1 unspecified atom stereocenters. The van der Waals surface area contributed by atoms with Crippen LogP contribution in [0.25, 0.3) is 0 Å². The Morgan fingerprint density at radius 3 is 3.13 bits per heavy atom. The van der Waals surface area contributed by atoms with Gasteiger partial charge in [-0.3, -0.25) is 4.79 Å². The molecule has 7 heteroatoms. The maximum Gasteiger partial charge on any atom is 0.273 e. The van der Waals surface area contributed by atoms with E-state index in [0.717, 1.165) is 0 Å². The van der Waals surface area contributed by atoms with Gasteiger partial charge in [-0.2, -0.15) is 15.4 Å². The van der Waals surface area contributed by atoms with Crippen LogP contribution in [-0.4, -0.2) is 47.0 Å². The number of carbonyl (C=O) groups is 1. The molecular weight excluding hydrogens is 220 g/mol. The van der Waals surface area contributed by atoms with Gasteiger partial charge in [0, 0.05) is 13.0 Å². The number of H-pyrrole nitrogens is 1. The van der Waals surface area contributed by atoms with Crippen LogP contribution in [0.1, 0.15) is 16.9 Å². The van der Waals surface area contributed by atoms with Crippen molar-refractivity contribution in [3.63, 3.8) is 0 Å². The number of alkyl halides is 1. The third kappa shape index (κ3) is 3.85. The zero-order valence-electron chi connectivity index (χ0n) is 8.36. The Labute approximate surface area is 92.3 Å². The largest absolute Gasteiger partial charge is 0.383 e. The normalized spacial score (nSPS) is 12.4. The monoisotopic (exact) mass is 232 g/mol. The minimum absolute atomic E-state index is 0.100. The SMILES string of the molecule is COCC(CCCl)NC(=O)c1cn[nH]n1. The fourth-order valence-corrected chi connectivity index (χ4v) is 1.36. The predicted octanol–water partition coefficient (Wildman–Crippen LogP) is 0.178. The van der Waals surface area contributed by atoms with E-state index in [-0.39, 0.29) is 17.6 Å². The summed E-state index contributed by atoms with van der Waals surface area (Å²) in [6.07, 6.45) is 2.01. The van der Waals surface area contributed by atoms with E-state index < -0.39 is 0 Å². The Morgan fingerprint density at radius 2 is 2.60 bits per heavy atom. The van der Waals surface area contributed by atoms with E-state index in [1.165, 1.54) is 6.20 Å². The third-order valence-electron chi connectivity index (χ3n) is 1.81. The molecule has 0 spiro atoms. The van der Waals surface area contributed by atoms with Crippen LogP contribution < -0.4 is 5.32 Å². The fourth-order valence-electron chi connectivity index (χ4n) is 1.10. The van der Waals surface area contributed by atoms with Crippen LogP contribution in [0, 0.1) is 0 Å². The summed E-state index contributed by atoms with van der Waals surface area (Å²) in [5.41, 5.74) is 0.255. The quantitative estimate of drug-likeness (QED) is 0.686. The van der Waals surface area contributed by atoms with Gasteiger partial charge in [0.1, 0.15) is 0 Å². The first-order chi connectivity index (χ1) is 7.27. The summed E-state index contributed by atoms with van der Waals surface area (Å²) in [6, 6.07) is -0.100. The van der Waals surface area contributed by atoms with Crippen molar-refractivity contribution < 1.29 is 9.53 Å². The van der Waals surface area contributed by atoms with Crippen LogP contribution in [0.15, 0.2) is 6.20 Å². The molecule has 6 nitrogen and oxygen atoms in total. The molecule has 0 saturated heterocycles. The first kappa shape index (κ1) is 11.9. The third-order valence-corrected chi connectivity index (χ3v) is 2.03. The number of ether oxygens (including phenoxy) is 1. The first-order valence-corrected chi connectivity index (χ1v) is 5.03. The van der Waals surface area contributed by atoms with Crippen molar-refractivity contribution in [1.29, 1.82) is 0 Å². The van der Waals surface area contributed by atoms with Crippen molar-refractivity contribution in [2.24, 2.45) is 0 Å². The molecule has 1 aromatic rings. The molecular formula is C8H13ClN4O2. The molecule has 1 heterocycles. The number of amides is 1. The van der Waals surface area contributed by atoms with E-state index in [9.17, 15) is 4.79 Å². The Bertz CT molecular complexity index is 285. The van der Waals surface area contributed by atoms with E-state index in [2.05, 4.69) is 20.7 Å². The molecule has 84 valence electrons. The smallest absolute Gasteiger partial charge is 0.273 e. The average Bonchev–Trinajstić information content (AvgIpc) is 2.71. The lowest BCUT2D eigenvalue weighted by atomic mass is 10.2. The highest BCUT2D eigenvalue weighted by Gasteiger charge is 2.14. The van der Waals surface area contributed by atoms with Crippen molar-refractivity contribution in [3.05, 3.63) is 11.9 Å². The molecule has 0 saturated carbocycles. The molecule has 0 aliphatic rings. The summed E-state index contributed by atoms with van der Waals surface area (Å²) in [5, 5.41) is 12.3. The summed E-state index contributed by atoms with van der Waals surface area (Å²) in [6.45, 7) is 0.427. The van der Waals surface area contributed by atoms with E-state index >= 15 is 0 Å². The number of aromatic amines is 1. The number of hydrogen-bond acceptors (Lipinski definition) is 4. The van der Waals surface area contributed by atoms with Crippen molar-refractivity contribution in [2.45, 2.75) is 12.5 Å². The number of nitrogens with zero attached hydrogens (tertiary/aromatic N) is 2. The van der Waals surface area contributed by atoms with Crippen molar-refractivity contribution in [3.8, 4) is 0 Å². The van der Waals surface area contributed by atoms with Crippen molar-refractivity contribution in [2.75, 3.05) is 19.6 Å². The van der Waals surface area contributed by atoms with Gasteiger partial charge >= 0.3 is 0 Å². The van der Waals surface area contributed by atoms with Crippen molar-refractivity contribution in [1.82, 2.24) is 20.7 Å². The molecule has 1 rings (SSSR count). The summed E-state index contributed by atoms with van der Waals surface area (Å²) < 4.78 is 4.96. The summed E-state index contributed by atoms with van der Waals surface area (Å²) in [4.78, 5) is 11.5. The van der Waals surface area contributed by atoms with Gasteiger partial charge in [0.05, 0.1) is 18.8 Å². The zero-order chi connectivity index (χ0) is 11.1. The topological polar surface area (TPSA) is 79.9 Å². The number of hydrogen-bond donors (Lipinski definition) is 2. The molecule has 0 fully saturated rings. The lowest BCUT2D eigenvalue weighted by Gasteiger charge is -2.15. The van der Waals surface area contributed by atoms with Gasteiger partial charge < -0.3 is 10.1 Å². The van der Waals surface area contributed by atoms with Gasteiger partial charge in [-0.15, -0.1) is 11.6 Å². The van der Waals surface area contributed by atoms with Crippen LogP contribution in [0.3, 0.4) is 0 Å². The Kier molecular flexibility index (Phi) is 5.06. The van der Waals surface area contributed by atoms with E-state index in [0.29, 0.717) is 18.9 Å². The number of nitrogens with one attached hydrogen (secondary N) is 2. The molecule has 0 radical (unpaired) electrons. The standard InChI is InChI=1S/C8H13ClN4O2/c1-15-5-6(2-3-9)11-8(14)7-4-10-13-12-7/h4,6H,2-3,5H2,1H3,(H,11,14)(H,10,12,13). The number of aromatic nitrogens is 3. The molecule has 0 bridgehead atoms. The number of halogens is 1. The van der Waals surface area contributed by atoms with Crippen LogP contribution in [0.4, 0.5) is 0 Å². The zero-order valence-corrected chi connectivity index (χ0v) is 9.12. The van der Waals surface area contributed by atoms with Crippen LogP contribution in [-0.2, 0) is 4.74 Å². The molecule has 2 N–H and O–H groups in total. The number of carbonyl (C=O) groups excluding carboxylic acids is 1. The second kappa shape index (κ2) is 6.36. The predicted molar refractivity (Wildman–Crippen MR) is 54.8 cm³/mol. The van der Waals surface area contributed by atoms with Gasteiger partial charge in [0.2, 0.25) is 0 Å². The molecule has 0 aromatic carbocycles. The van der Waals surface area contributed by atoms with E-state index in [1.54, 1.807) is 7.11 Å². The second-order valence-electron chi connectivity index (χ2n) is 2.96. The number of rotatable bonds is 6. The van der Waals surface area contributed by atoms with Crippen LogP contribution in [0.5, 0.6) is 0 Å². The highest BCUT2D eigenvalue weighted by molar-refractivity contribution is 6.17. The maximum atomic E-state index is 11.5. The molecule has 0 aliphatic heterocycles. The Hall–Kier alpha value is -1.14. The van der Waals surface area contributed by atoms with Gasteiger partial charge in [0.25, 0.3) is 5.91 Å². The minimum atomic E-state index is -0.282. The number of methoxy groups -OCH3 is 1. The van der Waals surface area contributed by atoms with Crippen LogP contribution in [0.2, 0.25) is 0 Å². The summed E-state index contributed by atoms with van der Waals surface area (Å²) >= 11 is 5.60. The van der Waals surface area contributed by atoms with E-state index in [1.807, 2.05) is 0 Å². The highest BCUT2D eigenvalue weighted by atomic mass is 35.5. The molecule has 1 aromatic heterocycles. The lowest BCUT2D eigenvalue weighted by Crippen LogP contribution is -2.38. The Morgan fingerprint density at radius 1 is 1.80 bits per heavy atom. The molecule has 0 aliphatic carbocycles. The summed E-state index contributed by atoms with van der Waals surface area (Å²) in [5.74, 6) is 0.184. The first-order valence-electron chi connectivity index (χ1n) is 4.49. The second-order valence-corrected chi connectivity index (χ2v) is 3.34. The average molecular weight is 233 g/mol. The van der Waals surface area contributed by atoms with Crippen molar-refractivity contribution >= 4 is 17.5 Å². The maximum absolute atomic E-state index is 11.5. The minimum Gasteiger partial charge on any atom is -0.383 e. The van der Waals surface area contributed by atoms with Gasteiger partial charge in [-0.05, 0) is 6.42 Å². The van der Waals surface area contributed by atoms with E-state index in [4.69, 9.17) is 16.3 Å². The molecule has 1 atom stereocenters. The van der Waals surface area contributed by atoms with Crippen LogP contribution >= 0.6 is 11.6 Å². The lowest BCUT2D eigenvalue weighted by molar-refractivity contribution is 0.0890. The highest BCUT2D eigenvalue weighted by Crippen LogP contribution is 1.98. The van der Waals surface area contributed by atoms with Gasteiger partial charge in [-0.25, -0.2) is 0 Å². The molecule has 15 heavy (non-hydrogen) atoms. The summed E-state index contributed by atoms with van der Waals surface area (Å²) in [7, 11) is 1.57. The van der Waals surface area contributed by atoms with Gasteiger partial charge in [-0.1, -0.05) is 0 Å². The molecule has 1 amide bonds. The Balaban J connectivity index is 2.47.